The third-order valence-electron chi connectivity index (χ3n) is 4.16. The highest BCUT2D eigenvalue weighted by Crippen LogP contribution is 2.26. The van der Waals surface area contributed by atoms with Gasteiger partial charge in [0.25, 0.3) is 5.69 Å². The first-order valence-electron chi connectivity index (χ1n) is 8.37. The molecule has 1 N–H and O–H groups in total. The highest BCUT2D eigenvalue weighted by molar-refractivity contribution is 9.10. The van der Waals surface area contributed by atoms with E-state index in [4.69, 9.17) is 0 Å². The van der Waals surface area contributed by atoms with E-state index in [1.165, 1.54) is 12.1 Å². The number of hydrogen-bond acceptors (Lipinski definition) is 4. The number of rotatable bonds is 7. The van der Waals surface area contributed by atoms with Crippen LogP contribution in [0.1, 0.15) is 28.4 Å². The number of anilines is 1. The summed E-state index contributed by atoms with van der Waals surface area (Å²) in [6, 6.07) is 22.8. The van der Waals surface area contributed by atoms with Gasteiger partial charge >= 0.3 is 0 Å². The molecule has 0 aromatic heterocycles. The van der Waals surface area contributed by atoms with Gasteiger partial charge < -0.3 is 5.32 Å². The molecule has 0 bridgehead atoms. The van der Waals surface area contributed by atoms with Crippen LogP contribution in [0.3, 0.4) is 0 Å². The second-order valence-electron chi connectivity index (χ2n) is 6.05. The molecule has 0 radical (unpaired) electrons. The molecule has 136 valence electrons. The van der Waals surface area contributed by atoms with Gasteiger partial charge in [-0.2, -0.15) is 0 Å². The lowest BCUT2D eigenvalue weighted by atomic mass is 9.97. The maximum Gasteiger partial charge on any atom is 0.271 e. The minimum atomic E-state index is -0.435. The Balaban J connectivity index is 1.85. The molecule has 5 nitrogen and oxygen atoms in total. The Bertz CT molecular complexity index is 943. The lowest BCUT2D eigenvalue weighted by Crippen LogP contribution is -2.16. The Morgan fingerprint density at radius 1 is 1.00 bits per heavy atom. The SMILES string of the molecule is O=C(CC(Nc1cccc([N+](=O)[O-])c1)c1ccccc1)c1ccc(Br)cc1. The summed E-state index contributed by atoms with van der Waals surface area (Å²) in [5, 5.41) is 14.3. The molecular formula is C21H17BrN2O3. The number of ketones is 1. The van der Waals surface area contributed by atoms with Crippen LogP contribution < -0.4 is 5.32 Å². The predicted octanol–water partition coefficient (Wildman–Crippen LogP) is 5.78. The fraction of sp³-hybridized carbons (Fsp3) is 0.0952. The van der Waals surface area contributed by atoms with Crippen molar-refractivity contribution < 1.29 is 9.72 Å². The molecule has 0 amide bonds. The number of hydrogen-bond donors (Lipinski definition) is 1. The fourth-order valence-corrected chi connectivity index (χ4v) is 3.05. The number of nitrogens with one attached hydrogen (secondary N) is 1. The van der Waals surface area contributed by atoms with Crippen LogP contribution in [0.15, 0.2) is 83.3 Å². The second-order valence-corrected chi connectivity index (χ2v) is 6.96. The Labute approximate surface area is 165 Å². The van der Waals surface area contributed by atoms with Crippen LogP contribution in [0.25, 0.3) is 0 Å². The summed E-state index contributed by atoms with van der Waals surface area (Å²) >= 11 is 3.37. The molecule has 0 saturated carbocycles. The van der Waals surface area contributed by atoms with Crippen molar-refractivity contribution >= 4 is 33.1 Å². The van der Waals surface area contributed by atoms with Crippen molar-refractivity contribution in [3.05, 3.63) is 105 Å². The van der Waals surface area contributed by atoms with Crippen molar-refractivity contribution in [1.82, 2.24) is 0 Å². The Morgan fingerprint density at radius 2 is 1.70 bits per heavy atom. The zero-order valence-electron chi connectivity index (χ0n) is 14.3. The number of nitrogens with zero attached hydrogens (tertiary/aromatic N) is 1. The van der Waals surface area contributed by atoms with Gasteiger partial charge in [-0.1, -0.05) is 64.5 Å². The second kappa shape index (κ2) is 8.60. The van der Waals surface area contributed by atoms with Crippen molar-refractivity contribution in [1.29, 1.82) is 0 Å². The monoisotopic (exact) mass is 424 g/mol. The minimum Gasteiger partial charge on any atom is -0.378 e. The van der Waals surface area contributed by atoms with E-state index in [1.54, 1.807) is 24.3 Å². The van der Waals surface area contributed by atoms with Crippen molar-refractivity contribution in [3.8, 4) is 0 Å². The summed E-state index contributed by atoms with van der Waals surface area (Å²) in [6.45, 7) is 0. The van der Waals surface area contributed by atoms with E-state index in [0.29, 0.717) is 11.3 Å². The summed E-state index contributed by atoms with van der Waals surface area (Å²) in [5.41, 5.74) is 2.17. The van der Waals surface area contributed by atoms with E-state index in [1.807, 2.05) is 42.5 Å². The summed E-state index contributed by atoms with van der Waals surface area (Å²) in [7, 11) is 0. The maximum atomic E-state index is 12.7. The van der Waals surface area contributed by atoms with Gasteiger partial charge in [0.2, 0.25) is 0 Å². The number of Topliss-reactive ketones (excluding diaryl/α,β-unsaturated/α-hetero) is 1. The average Bonchev–Trinajstić information content (AvgIpc) is 2.69. The molecule has 1 unspecified atom stereocenters. The number of nitro benzene ring substituents is 1. The molecule has 3 aromatic carbocycles. The standard InChI is InChI=1S/C21H17BrN2O3/c22-17-11-9-16(10-12-17)21(25)14-20(15-5-2-1-3-6-15)23-18-7-4-8-19(13-18)24(26)27/h1-13,20,23H,14H2. The number of non-ortho nitro benzene ring substituents is 1. The molecule has 3 rings (SSSR count). The maximum absolute atomic E-state index is 12.7. The van der Waals surface area contributed by atoms with Gasteiger partial charge in [-0.3, -0.25) is 14.9 Å². The number of carbonyl (C=O) groups excluding carboxylic acids is 1. The van der Waals surface area contributed by atoms with Crippen molar-refractivity contribution in [2.24, 2.45) is 0 Å². The lowest BCUT2D eigenvalue weighted by molar-refractivity contribution is -0.384. The zero-order valence-corrected chi connectivity index (χ0v) is 15.9. The van der Waals surface area contributed by atoms with Gasteiger partial charge in [0.05, 0.1) is 11.0 Å². The molecule has 0 aliphatic carbocycles. The highest BCUT2D eigenvalue weighted by atomic mass is 79.9. The van der Waals surface area contributed by atoms with Crippen LogP contribution in [0.4, 0.5) is 11.4 Å². The van der Waals surface area contributed by atoms with Gasteiger partial charge in [-0.25, -0.2) is 0 Å². The van der Waals surface area contributed by atoms with Crippen LogP contribution in [0.2, 0.25) is 0 Å². The quantitative estimate of drug-likeness (QED) is 0.296. The molecule has 0 heterocycles. The number of carbonyl (C=O) groups is 1. The van der Waals surface area contributed by atoms with Gasteiger partial charge in [-0.15, -0.1) is 0 Å². The largest absolute Gasteiger partial charge is 0.378 e. The Morgan fingerprint density at radius 3 is 2.37 bits per heavy atom. The van der Waals surface area contributed by atoms with Gasteiger partial charge in [0, 0.05) is 34.3 Å². The molecule has 6 heteroatoms. The van der Waals surface area contributed by atoms with Crippen LogP contribution in [-0.4, -0.2) is 10.7 Å². The van der Waals surface area contributed by atoms with E-state index in [-0.39, 0.29) is 23.9 Å². The van der Waals surface area contributed by atoms with Crippen LogP contribution >= 0.6 is 15.9 Å². The molecular weight excluding hydrogens is 408 g/mol. The molecule has 0 aliphatic heterocycles. The van der Waals surface area contributed by atoms with Gasteiger partial charge in [0.15, 0.2) is 5.78 Å². The van der Waals surface area contributed by atoms with Crippen molar-refractivity contribution in [3.63, 3.8) is 0 Å². The number of halogens is 1. The molecule has 1 atom stereocenters. The number of nitro groups is 1. The third-order valence-corrected chi connectivity index (χ3v) is 4.68. The molecule has 0 saturated heterocycles. The smallest absolute Gasteiger partial charge is 0.271 e. The third kappa shape index (κ3) is 5.01. The normalized spacial score (nSPS) is 11.6. The first-order valence-corrected chi connectivity index (χ1v) is 9.17. The first kappa shape index (κ1) is 18.8. The summed E-state index contributed by atoms with van der Waals surface area (Å²) in [5.74, 6) is -0.00529. The minimum absolute atomic E-state index is 0.00529. The molecule has 3 aromatic rings. The Hall–Kier alpha value is -2.99. The predicted molar refractivity (Wildman–Crippen MR) is 109 cm³/mol. The lowest BCUT2D eigenvalue weighted by Gasteiger charge is -2.20. The van der Waals surface area contributed by atoms with Crippen LogP contribution in [0, 0.1) is 10.1 Å². The van der Waals surface area contributed by atoms with Crippen LogP contribution in [-0.2, 0) is 0 Å². The zero-order chi connectivity index (χ0) is 19.2. The molecule has 0 fully saturated rings. The molecule has 0 spiro atoms. The van der Waals surface area contributed by atoms with Gasteiger partial charge in [0.1, 0.15) is 0 Å². The summed E-state index contributed by atoms with van der Waals surface area (Å²) in [6.07, 6.45) is 0.230. The fourth-order valence-electron chi connectivity index (χ4n) is 2.79. The van der Waals surface area contributed by atoms with E-state index in [9.17, 15) is 14.9 Å². The van der Waals surface area contributed by atoms with Gasteiger partial charge in [-0.05, 0) is 23.8 Å². The molecule has 0 aliphatic rings. The van der Waals surface area contributed by atoms with E-state index >= 15 is 0 Å². The van der Waals surface area contributed by atoms with E-state index < -0.39 is 4.92 Å². The summed E-state index contributed by atoms with van der Waals surface area (Å²) < 4.78 is 0.911. The van der Waals surface area contributed by atoms with E-state index in [0.717, 1.165) is 10.0 Å². The average molecular weight is 425 g/mol. The number of benzene rings is 3. The van der Waals surface area contributed by atoms with Crippen molar-refractivity contribution in [2.45, 2.75) is 12.5 Å². The highest BCUT2D eigenvalue weighted by Gasteiger charge is 2.18. The topological polar surface area (TPSA) is 72.2 Å². The van der Waals surface area contributed by atoms with Crippen LogP contribution in [0.5, 0.6) is 0 Å². The Kier molecular flexibility index (Phi) is 5.98. The van der Waals surface area contributed by atoms with Crippen molar-refractivity contribution in [2.75, 3.05) is 5.32 Å². The summed E-state index contributed by atoms with van der Waals surface area (Å²) in [4.78, 5) is 23.3. The first-order chi connectivity index (χ1) is 13.0. The van der Waals surface area contributed by atoms with E-state index in [2.05, 4.69) is 21.2 Å². The molecule has 27 heavy (non-hydrogen) atoms.